The van der Waals surface area contributed by atoms with Crippen molar-refractivity contribution < 1.29 is 9.59 Å². The second-order valence-electron chi connectivity index (χ2n) is 5.62. The first-order valence-corrected chi connectivity index (χ1v) is 7.58. The molecule has 0 aliphatic rings. The lowest BCUT2D eigenvalue weighted by atomic mass is 10.1. The molecule has 1 aromatic rings. The van der Waals surface area contributed by atoms with E-state index < -0.39 is 0 Å². The van der Waals surface area contributed by atoms with Crippen molar-refractivity contribution in [1.29, 1.82) is 0 Å². The normalized spacial score (nSPS) is 10.5. The molecule has 0 radical (unpaired) electrons. The van der Waals surface area contributed by atoms with Crippen molar-refractivity contribution in [3.8, 4) is 0 Å². The first kappa shape index (κ1) is 17.2. The summed E-state index contributed by atoms with van der Waals surface area (Å²) in [6.07, 6.45) is 1.77. The molecule has 0 aromatic heterocycles. The summed E-state index contributed by atoms with van der Waals surface area (Å²) in [4.78, 5) is 25.4. The van der Waals surface area contributed by atoms with Gasteiger partial charge in [0.1, 0.15) is 6.54 Å². The minimum atomic E-state index is -0.116. The van der Waals surface area contributed by atoms with Crippen LogP contribution in [-0.2, 0) is 16.0 Å². The van der Waals surface area contributed by atoms with Gasteiger partial charge < -0.3 is 10.2 Å². The zero-order valence-electron chi connectivity index (χ0n) is 13.5. The van der Waals surface area contributed by atoms with Crippen LogP contribution in [0.3, 0.4) is 0 Å². The minimum absolute atomic E-state index is 0.0739. The Morgan fingerprint density at radius 1 is 1.24 bits per heavy atom. The lowest BCUT2D eigenvalue weighted by molar-refractivity contribution is -0.123. The van der Waals surface area contributed by atoms with Crippen molar-refractivity contribution >= 4 is 17.5 Å². The molecule has 0 spiro atoms. The number of hydrogen-bond acceptors (Lipinski definition) is 2. The lowest BCUT2D eigenvalue weighted by Gasteiger charge is -2.23. The summed E-state index contributed by atoms with van der Waals surface area (Å²) in [5.74, 6) is 0.321. The number of para-hydroxylation sites is 1. The number of rotatable bonds is 7. The second-order valence-corrected chi connectivity index (χ2v) is 5.62. The number of carbonyl (C=O) groups excluding carboxylic acids is 2. The highest BCUT2D eigenvalue weighted by atomic mass is 16.2. The van der Waals surface area contributed by atoms with Crippen LogP contribution in [0.2, 0.25) is 0 Å². The van der Waals surface area contributed by atoms with Gasteiger partial charge >= 0.3 is 0 Å². The van der Waals surface area contributed by atoms with Crippen molar-refractivity contribution in [2.45, 2.75) is 40.5 Å². The fraction of sp³-hybridized carbons (Fsp3) is 0.529. The molecule has 0 aliphatic heterocycles. The summed E-state index contributed by atoms with van der Waals surface area (Å²) in [6, 6.07) is 7.72. The van der Waals surface area contributed by atoms with E-state index in [1.165, 1.54) is 6.92 Å². The van der Waals surface area contributed by atoms with Crippen LogP contribution in [-0.4, -0.2) is 24.9 Å². The van der Waals surface area contributed by atoms with Gasteiger partial charge in [0.15, 0.2) is 0 Å². The van der Waals surface area contributed by atoms with Crippen molar-refractivity contribution in [2.24, 2.45) is 5.92 Å². The van der Waals surface area contributed by atoms with Crippen LogP contribution in [0.4, 0.5) is 5.69 Å². The van der Waals surface area contributed by atoms with Gasteiger partial charge in [-0.3, -0.25) is 9.59 Å². The van der Waals surface area contributed by atoms with Crippen LogP contribution in [0.25, 0.3) is 0 Å². The average molecular weight is 290 g/mol. The molecule has 0 bridgehead atoms. The Labute approximate surface area is 127 Å². The van der Waals surface area contributed by atoms with Crippen LogP contribution in [0, 0.1) is 5.92 Å². The molecule has 0 aliphatic carbocycles. The Bertz CT molecular complexity index is 483. The molecule has 0 atom stereocenters. The molecule has 1 rings (SSSR count). The van der Waals surface area contributed by atoms with Crippen LogP contribution in [0.5, 0.6) is 0 Å². The molecule has 0 heterocycles. The molecule has 0 saturated carbocycles. The molecule has 1 aromatic carbocycles. The molecule has 0 unspecified atom stereocenters. The standard InChI is InChI=1S/C17H26N2O2/c1-5-15-8-6-7-9-16(15)19(14(4)20)12-17(21)18-11-10-13(2)3/h6-9,13H,5,10-12H2,1-4H3,(H,18,21). The number of carbonyl (C=O) groups is 2. The van der Waals surface area contributed by atoms with Gasteiger partial charge in [-0.15, -0.1) is 0 Å². The molecule has 21 heavy (non-hydrogen) atoms. The predicted molar refractivity (Wildman–Crippen MR) is 86.3 cm³/mol. The van der Waals surface area contributed by atoms with E-state index in [2.05, 4.69) is 19.2 Å². The summed E-state index contributed by atoms with van der Waals surface area (Å²) in [7, 11) is 0. The highest BCUT2D eigenvalue weighted by Crippen LogP contribution is 2.20. The number of benzene rings is 1. The molecule has 0 saturated heterocycles. The molecule has 2 amide bonds. The van der Waals surface area contributed by atoms with E-state index in [4.69, 9.17) is 0 Å². The zero-order chi connectivity index (χ0) is 15.8. The Kier molecular flexibility index (Phi) is 6.92. The molecule has 116 valence electrons. The van der Waals surface area contributed by atoms with Gasteiger partial charge in [-0.2, -0.15) is 0 Å². The molecule has 0 fully saturated rings. The summed E-state index contributed by atoms with van der Waals surface area (Å²) < 4.78 is 0. The lowest BCUT2D eigenvalue weighted by Crippen LogP contribution is -2.40. The Morgan fingerprint density at radius 2 is 1.90 bits per heavy atom. The van der Waals surface area contributed by atoms with Gasteiger partial charge in [-0.25, -0.2) is 0 Å². The summed E-state index contributed by atoms with van der Waals surface area (Å²) in [5, 5.41) is 2.87. The van der Waals surface area contributed by atoms with Crippen LogP contribution < -0.4 is 10.2 Å². The molecular weight excluding hydrogens is 264 g/mol. The number of anilines is 1. The molecular formula is C17H26N2O2. The number of hydrogen-bond donors (Lipinski definition) is 1. The van der Waals surface area contributed by atoms with Crippen molar-refractivity contribution in [3.63, 3.8) is 0 Å². The van der Waals surface area contributed by atoms with E-state index in [0.717, 1.165) is 24.1 Å². The van der Waals surface area contributed by atoms with Crippen LogP contribution in [0.15, 0.2) is 24.3 Å². The van der Waals surface area contributed by atoms with Gasteiger partial charge in [0.25, 0.3) is 0 Å². The largest absolute Gasteiger partial charge is 0.355 e. The van der Waals surface area contributed by atoms with Crippen molar-refractivity contribution in [2.75, 3.05) is 18.0 Å². The monoisotopic (exact) mass is 290 g/mol. The Balaban J connectivity index is 2.74. The maximum atomic E-state index is 12.0. The molecule has 4 nitrogen and oxygen atoms in total. The van der Waals surface area contributed by atoms with Gasteiger partial charge in [-0.1, -0.05) is 39.0 Å². The minimum Gasteiger partial charge on any atom is -0.355 e. The third-order valence-corrected chi connectivity index (χ3v) is 3.39. The van der Waals surface area contributed by atoms with Gasteiger partial charge in [0.2, 0.25) is 11.8 Å². The zero-order valence-corrected chi connectivity index (χ0v) is 13.5. The summed E-state index contributed by atoms with van der Waals surface area (Å²) >= 11 is 0. The maximum Gasteiger partial charge on any atom is 0.240 e. The average Bonchev–Trinajstić information content (AvgIpc) is 2.44. The number of nitrogens with one attached hydrogen (secondary N) is 1. The molecule has 1 N–H and O–H groups in total. The maximum absolute atomic E-state index is 12.0. The fourth-order valence-corrected chi connectivity index (χ4v) is 2.14. The van der Waals surface area contributed by atoms with Gasteiger partial charge in [-0.05, 0) is 30.4 Å². The summed E-state index contributed by atoms with van der Waals surface area (Å²) in [6.45, 7) is 8.49. The van der Waals surface area contributed by atoms with Crippen molar-refractivity contribution in [3.05, 3.63) is 29.8 Å². The number of amides is 2. The Morgan fingerprint density at radius 3 is 2.48 bits per heavy atom. The SMILES string of the molecule is CCc1ccccc1N(CC(=O)NCCC(C)C)C(C)=O. The highest BCUT2D eigenvalue weighted by Gasteiger charge is 2.17. The van der Waals surface area contributed by atoms with E-state index in [1.54, 1.807) is 4.90 Å². The number of nitrogens with zero attached hydrogens (tertiary/aromatic N) is 1. The molecule has 4 heteroatoms. The third kappa shape index (κ3) is 5.58. The van der Waals surface area contributed by atoms with Gasteiger partial charge in [0, 0.05) is 19.2 Å². The van der Waals surface area contributed by atoms with E-state index in [9.17, 15) is 9.59 Å². The fourth-order valence-electron chi connectivity index (χ4n) is 2.14. The van der Waals surface area contributed by atoms with Crippen molar-refractivity contribution in [1.82, 2.24) is 5.32 Å². The first-order valence-electron chi connectivity index (χ1n) is 7.58. The van der Waals surface area contributed by atoms with E-state index in [1.807, 2.05) is 31.2 Å². The smallest absolute Gasteiger partial charge is 0.240 e. The number of aryl methyl sites for hydroxylation is 1. The third-order valence-electron chi connectivity index (χ3n) is 3.39. The second kappa shape index (κ2) is 8.45. The van der Waals surface area contributed by atoms with Gasteiger partial charge in [0.05, 0.1) is 0 Å². The quantitative estimate of drug-likeness (QED) is 0.839. The van der Waals surface area contributed by atoms with E-state index in [-0.39, 0.29) is 18.4 Å². The first-order chi connectivity index (χ1) is 9.95. The topological polar surface area (TPSA) is 49.4 Å². The van der Waals surface area contributed by atoms with Crippen LogP contribution in [0.1, 0.15) is 39.7 Å². The predicted octanol–water partition coefficient (Wildman–Crippen LogP) is 2.76. The Hall–Kier alpha value is -1.84. The van der Waals surface area contributed by atoms with Crippen LogP contribution >= 0.6 is 0 Å². The summed E-state index contributed by atoms with van der Waals surface area (Å²) in [5.41, 5.74) is 1.90. The van der Waals surface area contributed by atoms with E-state index >= 15 is 0 Å². The van der Waals surface area contributed by atoms with E-state index in [0.29, 0.717) is 12.5 Å². The highest BCUT2D eigenvalue weighted by molar-refractivity contribution is 5.98.